The van der Waals surface area contributed by atoms with Crippen molar-refractivity contribution in [1.29, 1.82) is 0 Å². The highest BCUT2D eigenvalue weighted by Gasteiger charge is 2.48. The Kier molecular flexibility index (Phi) is 10.5. The van der Waals surface area contributed by atoms with Crippen molar-refractivity contribution in [3.63, 3.8) is 0 Å². The molecule has 11 aromatic carbocycles. The molecule has 0 aromatic heterocycles. The van der Waals surface area contributed by atoms with Gasteiger partial charge in [0, 0.05) is 17.1 Å². The molecule has 0 bridgehead atoms. The van der Waals surface area contributed by atoms with Crippen molar-refractivity contribution < 1.29 is 0 Å². The molecule has 1 aliphatic carbocycles. The standard InChI is InChI=1S/C67H47N/c1-7-19-48(20-8-1)51-31-38-59(39-32-51)68(60-40-33-52(34-41-60)49-21-9-2-10-22-49)61-42-35-53(36-43-61)55-37-44-62-64-46-56(50-23-11-3-12-24-50)45-63(54-25-13-4-14-26-54)66(64)67(65(62)47-55,57-27-15-5-16-28-57)58-29-17-6-18-30-58/h1-47H. The van der Waals surface area contributed by atoms with E-state index in [1.165, 1.54) is 83.5 Å². The molecule has 0 atom stereocenters. The van der Waals surface area contributed by atoms with Gasteiger partial charge in [-0.3, -0.25) is 0 Å². The number of hydrogen-bond acceptors (Lipinski definition) is 1. The van der Waals surface area contributed by atoms with E-state index in [4.69, 9.17) is 0 Å². The fraction of sp³-hybridized carbons (Fsp3) is 0.0149. The summed E-state index contributed by atoms with van der Waals surface area (Å²) in [6, 6.07) is 104. The van der Waals surface area contributed by atoms with Crippen LogP contribution < -0.4 is 4.90 Å². The first-order valence-corrected chi connectivity index (χ1v) is 23.5. The topological polar surface area (TPSA) is 3.24 Å². The Morgan fingerprint density at radius 1 is 0.221 bits per heavy atom. The van der Waals surface area contributed by atoms with Crippen LogP contribution in [0.3, 0.4) is 0 Å². The molecule has 0 N–H and O–H groups in total. The van der Waals surface area contributed by atoms with Crippen molar-refractivity contribution in [2.24, 2.45) is 0 Å². The van der Waals surface area contributed by atoms with Crippen molar-refractivity contribution >= 4 is 17.1 Å². The monoisotopic (exact) mass is 865 g/mol. The summed E-state index contributed by atoms with van der Waals surface area (Å²) in [7, 11) is 0. The van der Waals surface area contributed by atoms with E-state index in [1.54, 1.807) is 0 Å². The number of fused-ring (bicyclic) bond motifs is 3. The van der Waals surface area contributed by atoms with Gasteiger partial charge in [0.05, 0.1) is 5.41 Å². The van der Waals surface area contributed by atoms with Gasteiger partial charge in [0.2, 0.25) is 0 Å². The number of hydrogen-bond donors (Lipinski definition) is 0. The quantitative estimate of drug-likeness (QED) is 0.132. The third-order valence-corrected chi connectivity index (χ3v) is 13.8. The SMILES string of the molecule is c1ccc(-c2ccc(N(c3ccc(-c4ccccc4)cc3)c3ccc(-c4ccc5c(c4)C(c4ccccc4)(c4ccccc4)c4c(-c6ccccc6)cc(-c6ccccc6)cc4-5)cc3)cc2)cc1. The molecule has 0 amide bonds. The molecular weight excluding hydrogens is 819 g/mol. The Morgan fingerprint density at radius 3 is 0.971 bits per heavy atom. The van der Waals surface area contributed by atoms with Crippen LogP contribution in [0.15, 0.2) is 285 Å². The molecule has 320 valence electrons. The average molecular weight is 866 g/mol. The molecule has 1 aliphatic rings. The second-order valence-corrected chi connectivity index (χ2v) is 17.6. The van der Waals surface area contributed by atoms with E-state index in [0.29, 0.717) is 0 Å². The maximum Gasteiger partial charge on any atom is 0.0719 e. The van der Waals surface area contributed by atoms with E-state index in [0.717, 1.165) is 22.6 Å². The Morgan fingerprint density at radius 2 is 0.544 bits per heavy atom. The summed E-state index contributed by atoms with van der Waals surface area (Å²) < 4.78 is 0. The molecule has 0 aliphatic heterocycles. The average Bonchev–Trinajstić information content (AvgIpc) is 3.73. The van der Waals surface area contributed by atoms with Gasteiger partial charge in [0.25, 0.3) is 0 Å². The lowest BCUT2D eigenvalue weighted by Gasteiger charge is -2.35. The zero-order valence-corrected chi connectivity index (χ0v) is 37.6. The van der Waals surface area contributed by atoms with Crippen molar-refractivity contribution in [1.82, 2.24) is 0 Å². The molecule has 0 saturated carbocycles. The molecule has 68 heavy (non-hydrogen) atoms. The fourth-order valence-corrected chi connectivity index (χ4v) is 10.6. The van der Waals surface area contributed by atoms with Gasteiger partial charge < -0.3 is 4.90 Å². The lowest BCUT2D eigenvalue weighted by molar-refractivity contribution is 0.770. The highest BCUT2D eigenvalue weighted by atomic mass is 15.1. The van der Waals surface area contributed by atoms with E-state index < -0.39 is 5.41 Å². The zero-order chi connectivity index (χ0) is 45.3. The van der Waals surface area contributed by atoms with Gasteiger partial charge in [0.15, 0.2) is 0 Å². The van der Waals surface area contributed by atoms with E-state index >= 15 is 0 Å². The van der Waals surface area contributed by atoms with Crippen LogP contribution in [0.4, 0.5) is 17.1 Å². The Labute approximate surface area is 399 Å². The molecule has 0 spiro atoms. The van der Waals surface area contributed by atoms with Crippen molar-refractivity contribution in [2.75, 3.05) is 4.90 Å². The summed E-state index contributed by atoms with van der Waals surface area (Å²) in [5.41, 5.74) is 22.3. The Hall–Kier alpha value is -8.78. The van der Waals surface area contributed by atoms with Crippen LogP contribution in [0.2, 0.25) is 0 Å². The van der Waals surface area contributed by atoms with Crippen LogP contribution in [0.5, 0.6) is 0 Å². The number of anilines is 3. The van der Waals surface area contributed by atoms with Crippen molar-refractivity contribution in [2.45, 2.75) is 5.41 Å². The van der Waals surface area contributed by atoms with Gasteiger partial charge >= 0.3 is 0 Å². The van der Waals surface area contributed by atoms with Crippen LogP contribution in [0.25, 0.3) is 66.8 Å². The maximum absolute atomic E-state index is 2.48. The smallest absolute Gasteiger partial charge is 0.0719 e. The van der Waals surface area contributed by atoms with Crippen LogP contribution in [0, 0.1) is 0 Å². The number of nitrogens with zero attached hydrogens (tertiary/aromatic N) is 1. The van der Waals surface area contributed by atoms with Gasteiger partial charge in [0.1, 0.15) is 0 Å². The Balaban J connectivity index is 1.01. The summed E-state index contributed by atoms with van der Waals surface area (Å²) in [5.74, 6) is 0. The van der Waals surface area contributed by atoms with Crippen molar-refractivity contribution in [3.8, 4) is 66.8 Å². The molecule has 11 aromatic rings. The highest BCUT2D eigenvalue weighted by molar-refractivity contribution is 5.96. The van der Waals surface area contributed by atoms with E-state index in [1.807, 2.05) is 0 Å². The van der Waals surface area contributed by atoms with Gasteiger partial charge in [-0.05, 0) is 144 Å². The molecule has 12 rings (SSSR count). The van der Waals surface area contributed by atoms with Crippen LogP contribution in [0.1, 0.15) is 22.3 Å². The molecule has 1 heteroatoms. The van der Waals surface area contributed by atoms with Crippen LogP contribution >= 0.6 is 0 Å². The first-order chi connectivity index (χ1) is 33.7. The summed E-state index contributed by atoms with van der Waals surface area (Å²) in [6.45, 7) is 0. The summed E-state index contributed by atoms with van der Waals surface area (Å²) in [4.78, 5) is 2.36. The Bertz CT molecular complexity index is 3360. The molecule has 0 fully saturated rings. The molecule has 0 unspecified atom stereocenters. The van der Waals surface area contributed by atoms with Gasteiger partial charge in [-0.2, -0.15) is 0 Å². The largest absolute Gasteiger partial charge is 0.311 e. The predicted octanol–water partition coefficient (Wildman–Crippen LogP) is 17.9. The highest BCUT2D eigenvalue weighted by Crippen LogP contribution is 2.60. The van der Waals surface area contributed by atoms with Gasteiger partial charge in [-0.1, -0.05) is 231 Å². The van der Waals surface area contributed by atoms with Crippen LogP contribution in [-0.2, 0) is 5.41 Å². The minimum absolute atomic E-state index is 0.599. The number of rotatable bonds is 10. The maximum atomic E-state index is 2.48. The minimum Gasteiger partial charge on any atom is -0.311 e. The zero-order valence-electron chi connectivity index (χ0n) is 37.6. The van der Waals surface area contributed by atoms with Crippen molar-refractivity contribution in [3.05, 3.63) is 307 Å². The predicted molar refractivity (Wildman–Crippen MR) is 286 cm³/mol. The molecule has 0 heterocycles. The molecule has 0 saturated heterocycles. The normalized spacial score (nSPS) is 12.2. The summed E-state index contributed by atoms with van der Waals surface area (Å²) >= 11 is 0. The first-order valence-electron chi connectivity index (χ1n) is 23.5. The first kappa shape index (κ1) is 40.7. The third-order valence-electron chi connectivity index (χ3n) is 13.8. The molecule has 0 radical (unpaired) electrons. The van der Waals surface area contributed by atoms with Gasteiger partial charge in [-0.25, -0.2) is 0 Å². The summed E-state index contributed by atoms with van der Waals surface area (Å²) in [5, 5.41) is 0. The van der Waals surface area contributed by atoms with E-state index in [-0.39, 0.29) is 0 Å². The molecular formula is C67H47N. The third kappa shape index (κ3) is 7.22. The van der Waals surface area contributed by atoms with E-state index in [9.17, 15) is 0 Å². The van der Waals surface area contributed by atoms with Gasteiger partial charge in [-0.15, -0.1) is 0 Å². The summed E-state index contributed by atoms with van der Waals surface area (Å²) in [6.07, 6.45) is 0. The fourth-order valence-electron chi connectivity index (χ4n) is 10.6. The molecule has 1 nitrogen and oxygen atoms in total. The second-order valence-electron chi connectivity index (χ2n) is 17.6. The minimum atomic E-state index is -0.599. The second kappa shape index (κ2) is 17.5. The number of benzene rings is 11. The van der Waals surface area contributed by atoms with Crippen LogP contribution in [-0.4, -0.2) is 0 Å². The lowest BCUT2D eigenvalue weighted by Crippen LogP contribution is -2.29. The lowest BCUT2D eigenvalue weighted by atomic mass is 9.65. The van der Waals surface area contributed by atoms with E-state index in [2.05, 4.69) is 290 Å².